The van der Waals surface area contributed by atoms with E-state index in [0.29, 0.717) is 22.0 Å². The van der Waals surface area contributed by atoms with Crippen molar-refractivity contribution in [2.45, 2.75) is 26.3 Å². The number of piperazine rings is 1. The van der Waals surface area contributed by atoms with Gasteiger partial charge in [-0.2, -0.15) is 0 Å². The second kappa shape index (κ2) is 6.94. The zero-order valence-electron chi connectivity index (χ0n) is 11.6. The van der Waals surface area contributed by atoms with Crippen LogP contribution in [0.15, 0.2) is 18.2 Å². The first-order valence-corrected chi connectivity index (χ1v) is 7.74. The van der Waals surface area contributed by atoms with E-state index >= 15 is 0 Å². The summed E-state index contributed by atoms with van der Waals surface area (Å²) in [6, 6.07) is 6.34. The van der Waals surface area contributed by atoms with Crippen molar-refractivity contribution in [3.8, 4) is 0 Å². The standard InChI is InChI=1S/C15H22Cl2N2/c1-11(2)10-14(19-8-6-18-7-9-19)12-4-3-5-13(16)15(12)17/h3-5,11,14,18H,6-10H2,1-2H3/t14-/m0/s1. The second-order valence-corrected chi connectivity index (χ2v) is 6.36. The molecule has 1 aliphatic heterocycles. The third-order valence-electron chi connectivity index (χ3n) is 3.63. The van der Waals surface area contributed by atoms with Gasteiger partial charge in [-0.15, -0.1) is 0 Å². The number of hydrogen-bond donors (Lipinski definition) is 1. The monoisotopic (exact) mass is 300 g/mol. The molecule has 19 heavy (non-hydrogen) atoms. The second-order valence-electron chi connectivity index (χ2n) is 5.57. The van der Waals surface area contributed by atoms with Gasteiger partial charge in [-0.25, -0.2) is 0 Å². The molecule has 0 unspecified atom stereocenters. The summed E-state index contributed by atoms with van der Waals surface area (Å²) < 4.78 is 0. The lowest BCUT2D eigenvalue weighted by molar-refractivity contribution is 0.154. The summed E-state index contributed by atoms with van der Waals surface area (Å²) in [6.45, 7) is 8.75. The van der Waals surface area contributed by atoms with E-state index in [2.05, 4.69) is 30.1 Å². The molecule has 1 N–H and O–H groups in total. The fraction of sp³-hybridized carbons (Fsp3) is 0.600. The van der Waals surface area contributed by atoms with Crippen LogP contribution in [0.3, 0.4) is 0 Å². The van der Waals surface area contributed by atoms with Crippen LogP contribution in [-0.4, -0.2) is 31.1 Å². The van der Waals surface area contributed by atoms with Gasteiger partial charge in [-0.3, -0.25) is 4.90 Å². The summed E-state index contributed by atoms with van der Waals surface area (Å²) in [7, 11) is 0. The van der Waals surface area contributed by atoms with Gasteiger partial charge in [0.15, 0.2) is 0 Å². The highest BCUT2D eigenvalue weighted by atomic mass is 35.5. The predicted molar refractivity (Wildman–Crippen MR) is 83.1 cm³/mol. The third kappa shape index (κ3) is 3.85. The Morgan fingerprint density at radius 2 is 1.89 bits per heavy atom. The Balaban J connectivity index is 2.27. The molecule has 2 rings (SSSR count). The van der Waals surface area contributed by atoms with Gasteiger partial charge in [0, 0.05) is 32.2 Å². The maximum Gasteiger partial charge on any atom is 0.0640 e. The maximum atomic E-state index is 6.42. The van der Waals surface area contributed by atoms with Crippen molar-refractivity contribution in [2.75, 3.05) is 26.2 Å². The highest BCUT2D eigenvalue weighted by Gasteiger charge is 2.25. The first-order chi connectivity index (χ1) is 9.09. The molecule has 0 radical (unpaired) electrons. The van der Waals surface area contributed by atoms with Gasteiger partial charge in [0.25, 0.3) is 0 Å². The number of halogens is 2. The number of rotatable bonds is 4. The Kier molecular flexibility index (Phi) is 5.52. The Labute approximate surface area is 126 Å². The van der Waals surface area contributed by atoms with Crippen molar-refractivity contribution < 1.29 is 0 Å². The Bertz CT molecular complexity index is 415. The molecule has 106 valence electrons. The summed E-state index contributed by atoms with van der Waals surface area (Å²) in [5.74, 6) is 0.634. The number of nitrogens with one attached hydrogen (secondary N) is 1. The normalized spacial score (nSPS) is 18.8. The minimum atomic E-state index is 0.369. The van der Waals surface area contributed by atoms with Crippen LogP contribution in [-0.2, 0) is 0 Å². The topological polar surface area (TPSA) is 15.3 Å². The van der Waals surface area contributed by atoms with E-state index in [-0.39, 0.29) is 0 Å². The van der Waals surface area contributed by atoms with Gasteiger partial charge in [0.2, 0.25) is 0 Å². The van der Waals surface area contributed by atoms with Crippen LogP contribution in [0.4, 0.5) is 0 Å². The van der Waals surface area contributed by atoms with Crippen molar-refractivity contribution in [1.29, 1.82) is 0 Å². The molecular weight excluding hydrogens is 279 g/mol. The molecule has 1 fully saturated rings. The van der Waals surface area contributed by atoms with Crippen LogP contribution in [0.1, 0.15) is 31.9 Å². The molecule has 0 bridgehead atoms. The third-order valence-corrected chi connectivity index (χ3v) is 4.46. The van der Waals surface area contributed by atoms with Crippen LogP contribution in [0.2, 0.25) is 10.0 Å². The Morgan fingerprint density at radius 1 is 1.21 bits per heavy atom. The lowest BCUT2D eigenvalue weighted by Gasteiger charge is -2.36. The quantitative estimate of drug-likeness (QED) is 0.904. The van der Waals surface area contributed by atoms with Gasteiger partial charge < -0.3 is 5.32 Å². The highest BCUT2D eigenvalue weighted by molar-refractivity contribution is 6.42. The average molecular weight is 301 g/mol. The summed E-state index contributed by atoms with van der Waals surface area (Å²) >= 11 is 12.6. The van der Waals surface area contributed by atoms with Crippen molar-refractivity contribution in [2.24, 2.45) is 5.92 Å². The molecule has 0 saturated carbocycles. The van der Waals surface area contributed by atoms with Crippen molar-refractivity contribution in [3.05, 3.63) is 33.8 Å². The fourth-order valence-corrected chi connectivity index (χ4v) is 3.12. The first kappa shape index (κ1) is 15.1. The van der Waals surface area contributed by atoms with E-state index in [9.17, 15) is 0 Å². The van der Waals surface area contributed by atoms with Gasteiger partial charge in [-0.05, 0) is 24.0 Å². The molecule has 1 aromatic carbocycles. The van der Waals surface area contributed by atoms with Crippen molar-refractivity contribution in [3.63, 3.8) is 0 Å². The summed E-state index contributed by atoms with van der Waals surface area (Å²) in [6.07, 6.45) is 1.11. The molecule has 0 amide bonds. The minimum absolute atomic E-state index is 0.369. The molecule has 1 aromatic rings. The molecule has 2 nitrogen and oxygen atoms in total. The number of nitrogens with zero attached hydrogens (tertiary/aromatic N) is 1. The van der Waals surface area contributed by atoms with E-state index in [0.717, 1.165) is 32.6 Å². The molecule has 0 spiro atoms. The van der Waals surface area contributed by atoms with Gasteiger partial charge in [-0.1, -0.05) is 49.2 Å². The maximum absolute atomic E-state index is 6.42. The van der Waals surface area contributed by atoms with Gasteiger partial charge in [0.1, 0.15) is 0 Å². The van der Waals surface area contributed by atoms with Crippen LogP contribution in [0.5, 0.6) is 0 Å². The molecule has 1 saturated heterocycles. The van der Waals surface area contributed by atoms with E-state index in [1.165, 1.54) is 5.56 Å². The largest absolute Gasteiger partial charge is 0.314 e. The Morgan fingerprint density at radius 3 is 2.53 bits per heavy atom. The lowest BCUT2D eigenvalue weighted by atomic mass is 9.95. The summed E-state index contributed by atoms with van der Waals surface area (Å²) in [5.41, 5.74) is 1.17. The average Bonchev–Trinajstić information content (AvgIpc) is 2.40. The van der Waals surface area contributed by atoms with Crippen molar-refractivity contribution in [1.82, 2.24) is 10.2 Å². The smallest absolute Gasteiger partial charge is 0.0640 e. The van der Waals surface area contributed by atoms with Crippen LogP contribution >= 0.6 is 23.2 Å². The number of benzene rings is 1. The van der Waals surface area contributed by atoms with E-state index in [4.69, 9.17) is 23.2 Å². The molecule has 0 aliphatic carbocycles. The molecule has 1 aliphatic rings. The van der Waals surface area contributed by atoms with E-state index in [1.54, 1.807) is 0 Å². The first-order valence-electron chi connectivity index (χ1n) is 6.98. The summed E-state index contributed by atoms with van der Waals surface area (Å²) in [5, 5.41) is 4.77. The molecule has 1 heterocycles. The zero-order valence-corrected chi connectivity index (χ0v) is 13.1. The number of hydrogen-bond acceptors (Lipinski definition) is 2. The van der Waals surface area contributed by atoms with Crippen LogP contribution in [0, 0.1) is 5.92 Å². The van der Waals surface area contributed by atoms with Crippen LogP contribution in [0.25, 0.3) is 0 Å². The fourth-order valence-electron chi connectivity index (χ4n) is 2.69. The zero-order chi connectivity index (χ0) is 13.8. The van der Waals surface area contributed by atoms with E-state index in [1.807, 2.05) is 12.1 Å². The van der Waals surface area contributed by atoms with Gasteiger partial charge >= 0.3 is 0 Å². The van der Waals surface area contributed by atoms with Crippen molar-refractivity contribution >= 4 is 23.2 Å². The van der Waals surface area contributed by atoms with Crippen LogP contribution < -0.4 is 5.32 Å². The molecule has 1 atom stereocenters. The predicted octanol–water partition coefficient (Wildman–Crippen LogP) is 3.99. The highest BCUT2D eigenvalue weighted by Crippen LogP contribution is 2.36. The Hall–Kier alpha value is -0.280. The molecule has 4 heteroatoms. The van der Waals surface area contributed by atoms with E-state index < -0.39 is 0 Å². The van der Waals surface area contributed by atoms with Gasteiger partial charge in [0.05, 0.1) is 10.0 Å². The summed E-state index contributed by atoms with van der Waals surface area (Å²) in [4.78, 5) is 2.52. The minimum Gasteiger partial charge on any atom is -0.314 e. The SMILES string of the molecule is CC(C)C[C@@H](c1cccc(Cl)c1Cl)N1CCNCC1. The molecular formula is C15H22Cl2N2. The molecule has 0 aromatic heterocycles. The lowest BCUT2D eigenvalue weighted by Crippen LogP contribution is -2.45.